The lowest BCUT2D eigenvalue weighted by atomic mass is 10.0. The van der Waals surface area contributed by atoms with Crippen LogP contribution in [-0.2, 0) is 11.3 Å². The predicted octanol–water partition coefficient (Wildman–Crippen LogP) is 1.94. The molecule has 2 heterocycles. The van der Waals surface area contributed by atoms with Gasteiger partial charge in [-0.15, -0.1) is 0 Å². The van der Waals surface area contributed by atoms with Crippen molar-refractivity contribution < 1.29 is 4.79 Å². The first kappa shape index (κ1) is 13.7. The molecule has 0 saturated carbocycles. The Morgan fingerprint density at radius 3 is 2.62 bits per heavy atom. The van der Waals surface area contributed by atoms with Crippen molar-refractivity contribution in [1.29, 1.82) is 0 Å². The molecule has 0 saturated heterocycles. The first-order chi connectivity index (χ1) is 10.1. The van der Waals surface area contributed by atoms with Crippen molar-refractivity contribution in [1.82, 2.24) is 14.9 Å². The molecule has 5 nitrogen and oxygen atoms in total. The molecule has 21 heavy (non-hydrogen) atoms. The maximum absolute atomic E-state index is 11.9. The fourth-order valence-electron chi connectivity index (χ4n) is 2.69. The largest absolute Gasteiger partial charge is 0.311 e. The summed E-state index contributed by atoms with van der Waals surface area (Å²) >= 11 is 0. The Balaban J connectivity index is 2.06. The highest BCUT2D eigenvalue weighted by molar-refractivity contribution is 5.93. The van der Waals surface area contributed by atoms with Crippen molar-refractivity contribution in [2.45, 2.75) is 13.5 Å². The monoisotopic (exact) mass is 282 g/mol. The van der Waals surface area contributed by atoms with Gasteiger partial charge in [-0.05, 0) is 30.3 Å². The number of nitrogens with zero attached hydrogens (tertiary/aromatic N) is 4. The minimum Gasteiger partial charge on any atom is -0.311 e. The third kappa shape index (κ3) is 2.78. The molecular weight excluding hydrogens is 264 g/mol. The van der Waals surface area contributed by atoms with Gasteiger partial charge in [0.2, 0.25) is 5.91 Å². The summed E-state index contributed by atoms with van der Waals surface area (Å²) in [6.07, 6.45) is 5.13. The lowest BCUT2D eigenvalue weighted by Crippen LogP contribution is -2.33. The van der Waals surface area contributed by atoms with Gasteiger partial charge >= 0.3 is 0 Å². The van der Waals surface area contributed by atoms with E-state index in [2.05, 4.69) is 28.0 Å². The number of hydrogen-bond acceptors (Lipinski definition) is 4. The molecule has 1 amide bonds. The van der Waals surface area contributed by atoms with Gasteiger partial charge in [-0.1, -0.05) is 6.07 Å². The Labute approximate surface area is 124 Å². The van der Waals surface area contributed by atoms with Crippen LogP contribution in [0.2, 0.25) is 0 Å². The summed E-state index contributed by atoms with van der Waals surface area (Å²) in [6, 6.07) is 6.18. The predicted molar refractivity (Wildman–Crippen MR) is 81.8 cm³/mol. The summed E-state index contributed by atoms with van der Waals surface area (Å²) < 4.78 is 0. The number of carbonyl (C=O) groups excluding carboxylic acids is 1. The van der Waals surface area contributed by atoms with E-state index >= 15 is 0 Å². The van der Waals surface area contributed by atoms with Gasteiger partial charge in [-0.25, -0.2) is 9.97 Å². The average molecular weight is 282 g/mol. The molecule has 5 heteroatoms. The molecule has 1 aromatic heterocycles. The van der Waals surface area contributed by atoms with E-state index in [1.807, 2.05) is 17.0 Å². The molecule has 108 valence electrons. The smallest absolute Gasteiger partial charge is 0.223 e. The van der Waals surface area contributed by atoms with E-state index in [1.165, 1.54) is 6.33 Å². The number of carbonyl (C=O) groups is 1. The number of fused-ring (bicyclic) bond motifs is 1. The van der Waals surface area contributed by atoms with Gasteiger partial charge < -0.3 is 9.80 Å². The number of aromatic nitrogens is 2. The number of likely N-dealkylation sites (N-methyl/N-ethyl adjacent to an activating group) is 1. The van der Waals surface area contributed by atoms with Crippen LogP contribution in [0.5, 0.6) is 0 Å². The zero-order chi connectivity index (χ0) is 14.8. The molecule has 0 radical (unpaired) electrons. The molecular formula is C16H18N4O. The number of hydrogen-bond donors (Lipinski definition) is 0. The maximum atomic E-state index is 11.9. The van der Waals surface area contributed by atoms with E-state index in [9.17, 15) is 4.79 Å². The van der Waals surface area contributed by atoms with Crippen LogP contribution in [0.1, 0.15) is 12.5 Å². The SMILES string of the molecule is CC(=O)N1CCN(C)Cc2cc(-c3cncnc3)ccc21. The van der Waals surface area contributed by atoms with E-state index < -0.39 is 0 Å². The summed E-state index contributed by atoms with van der Waals surface area (Å²) in [5.74, 6) is 0.0855. The second-order valence-electron chi connectivity index (χ2n) is 5.38. The molecule has 1 aliphatic rings. The standard InChI is InChI=1S/C16H18N4O/c1-12(21)20-6-5-19(2)10-14-7-13(3-4-16(14)20)15-8-17-11-18-9-15/h3-4,7-9,11H,5-6,10H2,1-2H3. The lowest BCUT2D eigenvalue weighted by molar-refractivity contribution is -0.116. The van der Waals surface area contributed by atoms with Crippen LogP contribution >= 0.6 is 0 Å². The fraction of sp³-hybridized carbons (Fsp3) is 0.312. The zero-order valence-electron chi connectivity index (χ0n) is 12.3. The van der Waals surface area contributed by atoms with E-state index in [-0.39, 0.29) is 5.91 Å². The van der Waals surface area contributed by atoms with Crippen molar-refractivity contribution in [3.63, 3.8) is 0 Å². The van der Waals surface area contributed by atoms with Crippen LogP contribution in [0.25, 0.3) is 11.1 Å². The van der Waals surface area contributed by atoms with Crippen molar-refractivity contribution in [2.24, 2.45) is 0 Å². The van der Waals surface area contributed by atoms with Gasteiger partial charge in [0.25, 0.3) is 0 Å². The normalized spacial score (nSPS) is 15.4. The second-order valence-corrected chi connectivity index (χ2v) is 5.38. The molecule has 0 spiro atoms. The van der Waals surface area contributed by atoms with E-state index in [0.29, 0.717) is 0 Å². The highest BCUT2D eigenvalue weighted by atomic mass is 16.2. The third-order valence-electron chi connectivity index (χ3n) is 3.79. The minimum absolute atomic E-state index is 0.0855. The molecule has 0 atom stereocenters. The molecule has 0 fully saturated rings. The zero-order valence-corrected chi connectivity index (χ0v) is 12.3. The van der Waals surface area contributed by atoms with Gasteiger partial charge in [0.15, 0.2) is 0 Å². The van der Waals surface area contributed by atoms with Crippen molar-refractivity contribution in [3.8, 4) is 11.1 Å². The van der Waals surface area contributed by atoms with Gasteiger partial charge in [-0.2, -0.15) is 0 Å². The quantitative estimate of drug-likeness (QED) is 0.802. The van der Waals surface area contributed by atoms with E-state index in [1.54, 1.807) is 19.3 Å². The van der Waals surface area contributed by atoms with Gasteiger partial charge in [0.05, 0.1) is 0 Å². The Bertz CT molecular complexity index is 657. The van der Waals surface area contributed by atoms with Crippen LogP contribution in [0.3, 0.4) is 0 Å². The Morgan fingerprint density at radius 2 is 1.90 bits per heavy atom. The summed E-state index contributed by atoms with van der Waals surface area (Å²) in [4.78, 5) is 24.1. The lowest BCUT2D eigenvalue weighted by Gasteiger charge is -2.21. The molecule has 0 unspecified atom stereocenters. The van der Waals surface area contributed by atoms with Crippen LogP contribution in [0, 0.1) is 0 Å². The van der Waals surface area contributed by atoms with E-state index in [4.69, 9.17) is 0 Å². The average Bonchev–Trinajstić information content (AvgIpc) is 2.65. The van der Waals surface area contributed by atoms with Crippen molar-refractivity contribution in [2.75, 3.05) is 25.0 Å². The molecule has 0 bridgehead atoms. The van der Waals surface area contributed by atoms with E-state index in [0.717, 1.165) is 42.0 Å². The van der Waals surface area contributed by atoms with Crippen LogP contribution in [0.4, 0.5) is 5.69 Å². The first-order valence-corrected chi connectivity index (χ1v) is 7.00. The fourth-order valence-corrected chi connectivity index (χ4v) is 2.69. The molecule has 0 aliphatic carbocycles. The van der Waals surface area contributed by atoms with Crippen LogP contribution < -0.4 is 4.90 Å². The summed E-state index contributed by atoms with van der Waals surface area (Å²) in [7, 11) is 2.08. The number of anilines is 1. The number of amides is 1. The summed E-state index contributed by atoms with van der Waals surface area (Å²) in [5.41, 5.74) is 4.23. The van der Waals surface area contributed by atoms with Crippen LogP contribution in [-0.4, -0.2) is 40.9 Å². The first-order valence-electron chi connectivity index (χ1n) is 7.00. The number of benzene rings is 1. The minimum atomic E-state index is 0.0855. The molecule has 1 aromatic carbocycles. The van der Waals surface area contributed by atoms with Gasteiger partial charge in [-0.3, -0.25) is 4.79 Å². The maximum Gasteiger partial charge on any atom is 0.223 e. The number of rotatable bonds is 1. The van der Waals surface area contributed by atoms with Gasteiger partial charge in [0, 0.05) is 50.2 Å². The third-order valence-corrected chi connectivity index (χ3v) is 3.79. The van der Waals surface area contributed by atoms with Crippen molar-refractivity contribution >= 4 is 11.6 Å². The Kier molecular flexibility index (Phi) is 3.66. The Morgan fingerprint density at radius 1 is 1.14 bits per heavy atom. The highest BCUT2D eigenvalue weighted by Gasteiger charge is 2.21. The Hall–Kier alpha value is -2.27. The topological polar surface area (TPSA) is 49.3 Å². The van der Waals surface area contributed by atoms with Crippen LogP contribution in [0.15, 0.2) is 36.9 Å². The van der Waals surface area contributed by atoms with Gasteiger partial charge in [0.1, 0.15) is 6.33 Å². The summed E-state index contributed by atoms with van der Waals surface area (Å²) in [5, 5.41) is 0. The molecule has 2 aromatic rings. The molecule has 1 aliphatic heterocycles. The summed E-state index contributed by atoms with van der Waals surface area (Å²) in [6.45, 7) is 4.05. The molecule has 3 rings (SSSR count). The second kappa shape index (κ2) is 5.61. The molecule has 0 N–H and O–H groups in total. The highest BCUT2D eigenvalue weighted by Crippen LogP contribution is 2.29. The van der Waals surface area contributed by atoms with Crippen molar-refractivity contribution in [3.05, 3.63) is 42.5 Å².